The molecular weight excluding hydrogens is 192 g/mol. The SMILES string of the molecule is CCN1C(=O)OC(C)c2cc(N)ccc21. The largest absolute Gasteiger partial charge is 0.441 e. The number of carbonyl (C=O) groups is 1. The molecule has 0 aliphatic carbocycles. The van der Waals surface area contributed by atoms with Gasteiger partial charge in [0.25, 0.3) is 0 Å². The quantitative estimate of drug-likeness (QED) is 0.717. The van der Waals surface area contributed by atoms with Gasteiger partial charge in [-0.3, -0.25) is 4.90 Å². The number of cyclic esters (lactones) is 1. The Morgan fingerprint density at radius 3 is 2.93 bits per heavy atom. The van der Waals surface area contributed by atoms with E-state index in [1.165, 1.54) is 0 Å². The maximum Gasteiger partial charge on any atom is 0.414 e. The second-order valence-corrected chi connectivity index (χ2v) is 3.59. The van der Waals surface area contributed by atoms with Gasteiger partial charge >= 0.3 is 6.09 Å². The highest BCUT2D eigenvalue weighted by Gasteiger charge is 2.28. The smallest absolute Gasteiger partial charge is 0.414 e. The molecule has 1 unspecified atom stereocenters. The Morgan fingerprint density at radius 2 is 2.27 bits per heavy atom. The molecule has 0 radical (unpaired) electrons. The van der Waals surface area contributed by atoms with Crippen LogP contribution in [-0.4, -0.2) is 12.6 Å². The van der Waals surface area contributed by atoms with Crippen molar-refractivity contribution in [3.8, 4) is 0 Å². The lowest BCUT2D eigenvalue weighted by Gasteiger charge is -2.31. The summed E-state index contributed by atoms with van der Waals surface area (Å²) in [6, 6.07) is 5.52. The fourth-order valence-corrected chi connectivity index (χ4v) is 1.82. The summed E-state index contributed by atoms with van der Waals surface area (Å²) >= 11 is 0. The molecular formula is C11H14N2O2. The van der Waals surface area contributed by atoms with Crippen molar-refractivity contribution in [2.45, 2.75) is 20.0 Å². The predicted octanol–water partition coefficient (Wildman–Crippen LogP) is 2.31. The summed E-state index contributed by atoms with van der Waals surface area (Å²) in [6.07, 6.45) is -0.513. The molecule has 0 saturated heterocycles. The van der Waals surface area contributed by atoms with E-state index in [1.807, 2.05) is 26.0 Å². The van der Waals surface area contributed by atoms with E-state index in [4.69, 9.17) is 10.5 Å². The van der Waals surface area contributed by atoms with Gasteiger partial charge < -0.3 is 10.5 Å². The van der Waals surface area contributed by atoms with E-state index in [1.54, 1.807) is 11.0 Å². The molecule has 4 heteroatoms. The van der Waals surface area contributed by atoms with E-state index in [9.17, 15) is 4.79 Å². The summed E-state index contributed by atoms with van der Waals surface area (Å²) in [7, 11) is 0. The van der Waals surface area contributed by atoms with E-state index < -0.39 is 0 Å². The number of ether oxygens (including phenoxy) is 1. The number of hydrogen-bond donors (Lipinski definition) is 1. The molecule has 1 aliphatic heterocycles. The molecule has 1 heterocycles. The maximum atomic E-state index is 11.6. The van der Waals surface area contributed by atoms with Crippen molar-refractivity contribution in [2.24, 2.45) is 0 Å². The summed E-state index contributed by atoms with van der Waals surface area (Å²) in [5.41, 5.74) is 8.26. The van der Waals surface area contributed by atoms with Crippen LogP contribution in [-0.2, 0) is 4.74 Å². The first-order valence-corrected chi connectivity index (χ1v) is 5.01. The normalized spacial score (nSPS) is 19.7. The number of nitrogens with zero attached hydrogens (tertiary/aromatic N) is 1. The van der Waals surface area contributed by atoms with Gasteiger partial charge in [0.15, 0.2) is 0 Å². The second kappa shape index (κ2) is 3.46. The van der Waals surface area contributed by atoms with Crippen LogP contribution >= 0.6 is 0 Å². The number of carbonyl (C=O) groups excluding carboxylic acids is 1. The van der Waals surface area contributed by atoms with Gasteiger partial charge in [0, 0.05) is 17.8 Å². The first kappa shape index (κ1) is 9.83. The number of amides is 1. The van der Waals surface area contributed by atoms with E-state index in [-0.39, 0.29) is 12.2 Å². The Labute approximate surface area is 88.6 Å². The van der Waals surface area contributed by atoms with Crippen molar-refractivity contribution >= 4 is 17.5 Å². The second-order valence-electron chi connectivity index (χ2n) is 3.59. The van der Waals surface area contributed by atoms with Gasteiger partial charge in [-0.05, 0) is 32.0 Å². The molecule has 1 amide bonds. The van der Waals surface area contributed by atoms with Gasteiger partial charge in [0.2, 0.25) is 0 Å². The minimum absolute atomic E-state index is 0.223. The van der Waals surface area contributed by atoms with Crippen LogP contribution in [0.3, 0.4) is 0 Å². The Kier molecular flexibility index (Phi) is 2.26. The molecule has 1 aliphatic rings. The van der Waals surface area contributed by atoms with Crippen LogP contribution in [0.4, 0.5) is 16.2 Å². The molecule has 80 valence electrons. The van der Waals surface area contributed by atoms with Gasteiger partial charge in [-0.1, -0.05) is 0 Å². The highest BCUT2D eigenvalue weighted by atomic mass is 16.6. The van der Waals surface area contributed by atoms with Crippen molar-refractivity contribution in [1.82, 2.24) is 0 Å². The molecule has 1 atom stereocenters. The van der Waals surface area contributed by atoms with Crippen molar-refractivity contribution in [3.63, 3.8) is 0 Å². The number of nitrogens with two attached hydrogens (primary N) is 1. The fraction of sp³-hybridized carbons (Fsp3) is 0.364. The van der Waals surface area contributed by atoms with Crippen LogP contribution in [0.2, 0.25) is 0 Å². The van der Waals surface area contributed by atoms with E-state index in [0.29, 0.717) is 12.2 Å². The zero-order chi connectivity index (χ0) is 11.0. The van der Waals surface area contributed by atoms with Crippen LogP contribution in [0, 0.1) is 0 Å². The number of fused-ring (bicyclic) bond motifs is 1. The summed E-state index contributed by atoms with van der Waals surface area (Å²) < 4.78 is 5.20. The number of nitrogen functional groups attached to an aromatic ring is 1. The third-order valence-corrected chi connectivity index (χ3v) is 2.59. The lowest BCUT2D eigenvalue weighted by Crippen LogP contribution is -2.36. The molecule has 0 saturated carbocycles. The number of hydrogen-bond acceptors (Lipinski definition) is 3. The first-order chi connectivity index (χ1) is 7.13. The van der Waals surface area contributed by atoms with Crippen molar-refractivity contribution in [2.75, 3.05) is 17.2 Å². The summed E-state index contributed by atoms with van der Waals surface area (Å²) in [5.74, 6) is 0. The highest BCUT2D eigenvalue weighted by molar-refractivity contribution is 5.91. The van der Waals surface area contributed by atoms with Crippen LogP contribution in [0.5, 0.6) is 0 Å². The predicted molar refractivity (Wildman–Crippen MR) is 58.8 cm³/mol. The lowest BCUT2D eigenvalue weighted by atomic mass is 10.0. The maximum absolute atomic E-state index is 11.6. The average molecular weight is 206 g/mol. The van der Waals surface area contributed by atoms with Gasteiger partial charge in [0.1, 0.15) is 6.10 Å². The zero-order valence-corrected chi connectivity index (χ0v) is 8.86. The standard InChI is InChI=1S/C11H14N2O2/c1-3-13-10-5-4-8(12)6-9(10)7(2)15-11(13)14/h4-7H,3,12H2,1-2H3. The Morgan fingerprint density at radius 1 is 1.53 bits per heavy atom. The molecule has 0 fully saturated rings. The van der Waals surface area contributed by atoms with Crippen molar-refractivity contribution in [3.05, 3.63) is 23.8 Å². The highest BCUT2D eigenvalue weighted by Crippen LogP contribution is 2.35. The Bertz CT molecular complexity index is 404. The summed E-state index contributed by atoms with van der Waals surface area (Å²) in [4.78, 5) is 13.2. The molecule has 1 aromatic rings. The molecule has 0 spiro atoms. The molecule has 2 N–H and O–H groups in total. The fourth-order valence-electron chi connectivity index (χ4n) is 1.82. The van der Waals surface area contributed by atoms with Crippen LogP contribution in [0.25, 0.3) is 0 Å². The lowest BCUT2D eigenvalue weighted by molar-refractivity contribution is 0.108. The minimum Gasteiger partial charge on any atom is -0.441 e. The van der Waals surface area contributed by atoms with Crippen LogP contribution in [0.15, 0.2) is 18.2 Å². The molecule has 2 rings (SSSR count). The number of rotatable bonds is 1. The van der Waals surface area contributed by atoms with Gasteiger partial charge in [0.05, 0.1) is 5.69 Å². The molecule has 0 aromatic heterocycles. The first-order valence-electron chi connectivity index (χ1n) is 5.01. The van der Waals surface area contributed by atoms with Gasteiger partial charge in [-0.2, -0.15) is 0 Å². The summed E-state index contributed by atoms with van der Waals surface area (Å²) in [5, 5.41) is 0. The van der Waals surface area contributed by atoms with E-state index in [0.717, 1.165) is 11.3 Å². The van der Waals surface area contributed by atoms with Gasteiger partial charge in [-0.15, -0.1) is 0 Å². The summed E-state index contributed by atoms with van der Waals surface area (Å²) in [6.45, 7) is 4.36. The molecule has 15 heavy (non-hydrogen) atoms. The Hall–Kier alpha value is -1.71. The monoisotopic (exact) mass is 206 g/mol. The third-order valence-electron chi connectivity index (χ3n) is 2.59. The van der Waals surface area contributed by atoms with Crippen molar-refractivity contribution in [1.29, 1.82) is 0 Å². The third kappa shape index (κ3) is 1.52. The van der Waals surface area contributed by atoms with Crippen LogP contribution < -0.4 is 10.6 Å². The van der Waals surface area contributed by atoms with Gasteiger partial charge in [-0.25, -0.2) is 4.79 Å². The molecule has 1 aromatic carbocycles. The van der Waals surface area contributed by atoms with E-state index in [2.05, 4.69) is 0 Å². The minimum atomic E-state index is -0.290. The zero-order valence-electron chi connectivity index (χ0n) is 8.86. The Balaban J connectivity index is 2.53. The molecule has 0 bridgehead atoms. The number of benzene rings is 1. The van der Waals surface area contributed by atoms with E-state index >= 15 is 0 Å². The van der Waals surface area contributed by atoms with Crippen molar-refractivity contribution < 1.29 is 9.53 Å². The van der Waals surface area contributed by atoms with Crippen LogP contribution in [0.1, 0.15) is 25.5 Å². The molecule has 4 nitrogen and oxygen atoms in total. The topological polar surface area (TPSA) is 55.6 Å². The average Bonchev–Trinajstić information content (AvgIpc) is 2.19. The number of anilines is 2.